The van der Waals surface area contributed by atoms with Gasteiger partial charge < -0.3 is 5.32 Å². The van der Waals surface area contributed by atoms with Crippen molar-refractivity contribution in [2.45, 2.75) is 32.1 Å². The first kappa shape index (κ1) is 15.5. The molecule has 2 rings (SSSR count). The lowest BCUT2D eigenvalue weighted by atomic mass is 9.82. The molecule has 1 saturated carbocycles. The molecule has 0 aliphatic heterocycles. The van der Waals surface area contributed by atoms with Crippen molar-refractivity contribution < 1.29 is 9.59 Å². The van der Waals surface area contributed by atoms with Gasteiger partial charge in [0.15, 0.2) is 11.7 Å². The van der Waals surface area contributed by atoms with Crippen LogP contribution in [0.3, 0.4) is 0 Å². The van der Waals surface area contributed by atoms with Gasteiger partial charge in [0.05, 0.1) is 16.8 Å². The second-order valence-corrected chi connectivity index (χ2v) is 5.68. The fraction of sp³-hybridized carbons (Fsp3) is 0.438. The van der Waals surface area contributed by atoms with E-state index in [1.54, 1.807) is 24.3 Å². The van der Waals surface area contributed by atoms with Crippen LogP contribution in [0.2, 0.25) is 5.02 Å². The van der Waals surface area contributed by atoms with E-state index in [1.807, 2.05) is 6.07 Å². The summed E-state index contributed by atoms with van der Waals surface area (Å²) in [7, 11) is 0. The van der Waals surface area contributed by atoms with E-state index in [0.717, 1.165) is 32.1 Å². The minimum absolute atomic E-state index is 0.166. The molecule has 0 heterocycles. The molecule has 0 spiro atoms. The molecule has 1 aromatic rings. The van der Waals surface area contributed by atoms with Crippen molar-refractivity contribution in [3.05, 3.63) is 29.3 Å². The van der Waals surface area contributed by atoms with E-state index in [4.69, 9.17) is 11.6 Å². The van der Waals surface area contributed by atoms with Crippen LogP contribution < -0.4 is 5.32 Å². The van der Waals surface area contributed by atoms with Crippen LogP contribution in [0, 0.1) is 23.2 Å². The molecule has 0 bridgehead atoms. The molecule has 0 aromatic heterocycles. The lowest BCUT2D eigenvalue weighted by Crippen LogP contribution is -2.33. The number of ketones is 1. The molecule has 1 N–H and O–H groups in total. The summed E-state index contributed by atoms with van der Waals surface area (Å²) in [5.41, 5.74) is 0.417. The van der Waals surface area contributed by atoms with Crippen LogP contribution in [0.25, 0.3) is 0 Å². The number of hydrogen-bond donors (Lipinski definition) is 1. The lowest BCUT2D eigenvalue weighted by molar-refractivity contribution is -0.132. The molecule has 1 amide bonds. The smallest absolute Gasteiger partial charge is 0.249 e. The van der Waals surface area contributed by atoms with Crippen LogP contribution in [-0.4, -0.2) is 11.7 Å². The molecule has 110 valence electrons. The van der Waals surface area contributed by atoms with Crippen molar-refractivity contribution in [2.24, 2.45) is 11.8 Å². The molecule has 4 nitrogen and oxygen atoms in total. The third-order valence-corrected chi connectivity index (χ3v) is 4.14. The number of anilines is 1. The van der Waals surface area contributed by atoms with Crippen LogP contribution in [0.15, 0.2) is 24.3 Å². The molecule has 1 fully saturated rings. The first-order valence-electron chi connectivity index (χ1n) is 7.12. The van der Waals surface area contributed by atoms with Crippen molar-refractivity contribution in [3.8, 4) is 6.07 Å². The van der Waals surface area contributed by atoms with Gasteiger partial charge in [0.25, 0.3) is 0 Å². The molecule has 5 heteroatoms. The topological polar surface area (TPSA) is 70.0 Å². The van der Waals surface area contributed by atoms with E-state index in [1.165, 1.54) is 0 Å². The third kappa shape index (κ3) is 3.83. The minimum atomic E-state index is -1.26. The highest BCUT2D eigenvalue weighted by molar-refractivity contribution is 6.33. The number of amides is 1. The second kappa shape index (κ2) is 7.24. The molecule has 1 aliphatic rings. The summed E-state index contributed by atoms with van der Waals surface area (Å²) in [6, 6.07) is 8.58. The molecule has 1 atom stereocenters. The van der Waals surface area contributed by atoms with Crippen molar-refractivity contribution in [3.63, 3.8) is 0 Å². The summed E-state index contributed by atoms with van der Waals surface area (Å²) in [6.07, 6.45) is 4.64. The van der Waals surface area contributed by atoms with Gasteiger partial charge in [0, 0.05) is 5.92 Å². The van der Waals surface area contributed by atoms with Gasteiger partial charge in [-0.3, -0.25) is 9.59 Å². The average Bonchev–Trinajstić information content (AvgIpc) is 2.51. The molecule has 1 aromatic carbocycles. The Morgan fingerprint density at radius 1 is 1.24 bits per heavy atom. The average molecular weight is 305 g/mol. The fourth-order valence-electron chi connectivity index (χ4n) is 2.64. The Labute approximate surface area is 129 Å². The Balaban J connectivity index is 2.06. The SMILES string of the molecule is N#C[C@H](C(=O)Nc1ccccc1Cl)C(=O)C1CCCCC1. The maximum atomic E-state index is 12.3. The number of nitrogens with one attached hydrogen (secondary N) is 1. The summed E-state index contributed by atoms with van der Waals surface area (Å²) >= 11 is 5.96. The number of benzene rings is 1. The highest BCUT2D eigenvalue weighted by Crippen LogP contribution is 2.27. The van der Waals surface area contributed by atoms with Gasteiger partial charge >= 0.3 is 0 Å². The van der Waals surface area contributed by atoms with E-state index in [9.17, 15) is 14.9 Å². The van der Waals surface area contributed by atoms with Gasteiger partial charge in [-0.25, -0.2) is 0 Å². The number of nitriles is 1. The number of Topliss-reactive ketones (excluding diaryl/α,β-unsaturated/α-hetero) is 1. The molecule has 0 saturated heterocycles. The van der Waals surface area contributed by atoms with Crippen LogP contribution in [0.5, 0.6) is 0 Å². The lowest BCUT2D eigenvalue weighted by Gasteiger charge is -2.22. The van der Waals surface area contributed by atoms with Crippen molar-refractivity contribution in [1.29, 1.82) is 5.26 Å². The van der Waals surface area contributed by atoms with Crippen molar-refractivity contribution in [1.82, 2.24) is 0 Å². The highest BCUT2D eigenvalue weighted by Gasteiger charge is 2.33. The van der Waals surface area contributed by atoms with Crippen LogP contribution in [0.4, 0.5) is 5.69 Å². The van der Waals surface area contributed by atoms with Gasteiger partial charge in [0.2, 0.25) is 5.91 Å². The number of para-hydroxylation sites is 1. The maximum Gasteiger partial charge on any atom is 0.249 e. The summed E-state index contributed by atoms with van der Waals surface area (Å²) in [6.45, 7) is 0. The number of carbonyl (C=O) groups is 2. The van der Waals surface area contributed by atoms with E-state index < -0.39 is 11.8 Å². The van der Waals surface area contributed by atoms with Gasteiger partial charge in [-0.15, -0.1) is 0 Å². The van der Waals surface area contributed by atoms with Gasteiger partial charge in [-0.1, -0.05) is 43.0 Å². The van der Waals surface area contributed by atoms with E-state index in [-0.39, 0.29) is 11.7 Å². The minimum Gasteiger partial charge on any atom is -0.323 e. The zero-order chi connectivity index (χ0) is 15.2. The monoisotopic (exact) mass is 304 g/mol. The molecule has 0 unspecified atom stereocenters. The zero-order valence-corrected chi connectivity index (χ0v) is 12.4. The molecular weight excluding hydrogens is 288 g/mol. The third-order valence-electron chi connectivity index (χ3n) is 3.82. The zero-order valence-electron chi connectivity index (χ0n) is 11.6. The predicted molar refractivity (Wildman–Crippen MR) is 80.8 cm³/mol. The summed E-state index contributed by atoms with van der Waals surface area (Å²) in [5, 5.41) is 12.1. The second-order valence-electron chi connectivity index (χ2n) is 5.27. The molecule has 21 heavy (non-hydrogen) atoms. The number of nitrogens with zero attached hydrogens (tertiary/aromatic N) is 1. The Hall–Kier alpha value is -1.86. The summed E-state index contributed by atoms with van der Waals surface area (Å²) < 4.78 is 0. The quantitative estimate of drug-likeness (QED) is 0.864. The number of halogens is 1. The molecular formula is C16H17ClN2O2. The molecule has 1 aliphatic carbocycles. The standard InChI is InChI=1S/C16H17ClN2O2/c17-13-8-4-5-9-14(13)19-16(21)12(10-18)15(20)11-6-2-1-3-7-11/h4-5,8-9,11-12H,1-3,6-7H2,(H,19,21)/t12-/m0/s1. The van der Waals surface area contributed by atoms with E-state index in [2.05, 4.69) is 5.32 Å². The Morgan fingerprint density at radius 3 is 2.52 bits per heavy atom. The Kier molecular flexibility index (Phi) is 5.35. The van der Waals surface area contributed by atoms with E-state index in [0.29, 0.717) is 10.7 Å². The normalized spacial score (nSPS) is 16.8. The predicted octanol–water partition coefficient (Wildman–Crippen LogP) is 3.57. The number of hydrogen-bond acceptors (Lipinski definition) is 3. The summed E-state index contributed by atoms with van der Waals surface area (Å²) in [4.78, 5) is 24.5. The number of carbonyl (C=O) groups excluding carboxylic acids is 2. The van der Waals surface area contributed by atoms with Crippen LogP contribution in [0.1, 0.15) is 32.1 Å². The first-order valence-corrected chi connectivity index (χ1v) is 7.50. The first-order chi connectivity index (χ1) is 10.1. The van der Waals surface area contributed by atoms with Crippen molar-refractivity contribution >= 4 is 29.0 Å². The van der Waals surface area contributed by atoms with Gasteiger partial charge in [-0.2, -0.15) is 5.26 Å². The molecule has 0 radical (unpaired) electrons. The largest absolute Gasteiger partial charge is 0.323 e. The van der Waals surface area contributed by atoms with E-state index >= 15 is 0 Å². The van der Waals surface area contributed by atoms with Crippen molar-refractivity contribution in [2.75, 3.05) is 5.32 Å². The Bertz CT molecular complexity index is 574. The highest BCUT2D eigenvalue weighted by atomic mass is 35.5. The summed E-state index contributed by atoms with van der Waals surface area (Å²) in [5.74, 6) is -2.28. The van der Waals surface area contributed by atoms with Crippen LogP contribution in [-0.2, 0) is 9.59 Å². The Morgan fingerprint density at radius 2 is 1.90 bits per heavy atom. The number of rotatable bonds is 4. The van der Waals surface area contributed by atoms with Gasteiger partial charge in [-0.05, 0) is 25.0 Å². The fourth-order valence-corrected chi connectivity index (χ4v) is 2.82. The van der Waals surface area contributed by atoms with Gasteiger partial charge in [0.1, 0.15) is 0 Å². The maximum absolute atomic E-state index is 12.3. The van der Waals surface area contributed by atoms with Crippen LogP contribution >= 0.6 is 11.6 Å².